The SMILES string of the molecule is CN=C(NCC1(c2ccccc2C)CCOCC1)NC1CN(C(C)C)CC1C. The molecule has 2 unspecified atom stereocenters. The van der Waals surface area contributed by atoms with Gasteiger partial charge in [0.2, 0.25) is 0 Å². The fourth-order valence-corrected chi connectivity index (χ4v) is 4.71. The number of guanidine groups is 1. The first-order valence-electron chi connectivity index (χ1n) is 10.8. The molecular weight excluding hydrogens is 348 g/mol. The summed E-state index contributed by atoms with van der Waals surface area (Å²) in [5, 5.41) is 7.35. The topological polar surface area (TPSA) is 48.9 Å². The third-order valence-corrected chi connectivity index (χ3v) is 6.68. The predicted octanol–water partition coefficient (Wildman–Crippen LogP) is 2.94. The highest BCUT2D eigenvalue weighted by molar-refractivity contribution is 5.80. The van der Waals surface area contributed by atoms with E-state index in [1.165, 1.54) is 11.1 Å². The van der Waals surface area contributed by atoms with Gasteiger partial charge in [-0.1, -0.05) is 31.2 Å². The van der Waals surface area contributed by atoms with E-state index >= 15 is 0 Å². The molecule has 0 saturated carbocycles. The van der Waals surface area contributed by atoms with Gasteiger partial charge in [0.25, 0.3) is 0 Å². The van der Waals surface area contributed by atoms with Crippen molar-refractivity contribution in [3.8, 4) is 0 Å². The maximum Gasteiger partial charge on any atom is 0.191 e. The van der Waals surface area contributed by atoms with Crippen LogP contribution >= 0.6 is 0 Å². The molecule has 0 spiro atoms. The van der Waals surface area contributed by atoms with Gasteiger partial charge in [-0.15, -0.1) is 0 Å². The van der Waals surface area contributed by atoms with Crippen molar-refractivity contribution in [2.24, 2.45) is 10.9 Å². The van der Waals surface area contributed by atoms with E-state index in [1.54, 1.807) is 0 Å². The Bertz CT molecular complexity index is 666. The van der Waals surface area contributed by atoms with Crippen LogP contribution in [0.25, 0.3) is 0 Å². The Labute approximate surface area is 170 Å². The molecule has 2 N–H and O–H groups in total. The molecule has 2 saturated heterocycles. The molecule has 3 rings (SSSR count). The fourth-order valence-electron chi connectivity index (χ4n) is 4.71. The van der Waals surface area contributed by atoms with Crippen LogP contribution in [-0.2, 0) is 10.2 Å². The molecule has 2 aliphatic rings. The lowest BCUT2D eigenvalue weighted by molar-refractivity contribution is 0.0511. The third kappa shape index (κ3) is 4.69. The minimum Gasteiger partial charge on any atom is -0.381 e. The number of rotatable bonds is 5. The molecule has 0 aromatic heterocycles. The smallest absolute Gasteiger partial charge is 0.191 e. The van der Waals surface area contributed by atoms with Gasteiger partial charge in [-0.25, -0.2) is 0 Å². The van der Waals surface area contributed by atoms with Crippen LogP contribution < -0.4 is 10.6 Å². The van der Waals surface area contributed by atoms with E-state index in [0.717, 1.165) is 51.6 Å². The summed E-state index contributed by atoms with van der Waals surface area (Å²) in [6.07, 6.45) is 2.09. The summed E-state index contributed by atoms with van der Waals surface area (Å²) in [4.78, 5) is 7.08. The maximum atomic E-state index is 5.70. The second-order valence-electron chi connectivity index (χ2n) is 8.91. The first-order valence-corrected chi connectivity index (χ1v) is 10.8. The van der Waals surface area contributed by atoms with E-state index in [-0.39, 0.29) is 5.41 Å². The van der Waals surface area contributed by atoms with Gasteiger partial charge < -0.3 is 15.4 Å². The molecule has 2 fully saturated rings. The Morgan fingerprint density at radius 3 is 2.57 bits per heavy atom. The van der Waals surface area contributed by atoms with E-state index in [0.29, 0.717) is 18.0 Å². The van der Waals surface area contributed by atoms with Crippen molar-refractivity contribution in [1.29, 1.82) is 0 Å². The first kappa shape index (κ1) is 21.1. The number of ether oxygens (including phenoxy) is 1. The number of nitrogens with zero attached hydrogens (tertiary/aromatic N) is 2. The highest BCUT2D eigenvalue weighted by Gasteiger charge is 2.36. The van der Waals surface area contributed by atoms with Gasteiger partial charge in [-0.2, -0.15) is 0 Å². The number of aliphatic imine (C=N–C) groups is 1. The van der Waals surface area contributed by atoms with Crippen molar-refractivity contribution in [1.82, 2.24) is 15.5 Å². The van der Waals surface area contributed by atoms with Crippen molar-refractivity contribution in [2.75, 3.05) is 39.9 Å². The maximum absolute atomic E-state index is 5.70. The van der Waals surface area contributed by atoms with Crippen LogP contribution in [0.2, 0.25) is 0 Å². The van der Waals surface area contributed by atoms with Gasteiger partial charge in [0, 0.05) is 57.4 Å². The van der Waals surface area contributed by atoms with Crippen LogP contribution in [0.5, 0.6) is 0 Å². The second kappa shape index (κ2) is 9.27. The molecule has 5 nitrogen and oxygen atoms in total. The molecule has 2 aliphatic heterocycles. The van der Waals surface area contributed by atoms with Crippen LogP contribution in [0, 0.1) is 12.8 Å². The monoisotopic (exact) mass is 386 g/mol. The third-order valence-electron chi connectivity index (χ3n) is 6.68. The van der Waals surface area contributed by atoms with Gasteiger partial charge in [-0.3, -0.25) is 9.89 Å². The summed E-state index contributed by atoms with van der Waals surface area (Å²) < 4.78 is 5.70. The number of aryl methyl sites for hydroxylation is 1. The van der Waals surface area contributed by atoms with Gasteiger partial charge in [0.15, 0.2) is 5.96 Å². The van der Waals surface area contributed by atoms with Gasteiger partial charge in [-0.05, 0) is 50.7 Å². The second-order valence-corrected chi connectivity index (χ2v) is 8.91. The number of nitrogens with one attached hydrogen (secondary N) is 2. The van der Waals surface area contributed by atoms with E-state index in [4.69, 9.17) is 4.74 Å². The fraction of sp³-hybridized carbons (Fsp3) is 0.696. The summed E-state index contributed by atoms with van der Waals surface area (Å²) in [6, 6.07) is 9.83. The summed E-state index contributed by atoms with van der Waals surface area (Å²) in [6.45, 7) is 13.9. The molecule has 156 valence electrons. The van der Waals surface area contributed by atoms with Crippen molar-refractivity contribution < 1.29 is 4.74 Å². The first-order chi connectivity index (χ1) is 13.4. The Morgan fingerprint density at radius 2 is 1.96 bits per heavy atom. The Balaban J connectivity index is 1.68. The molecule has 0 amide bonds. The largest absolute Gasteiger partial charge is 0.381 e. The number of benzene rings is 1. The molecule has 1 aromatic rings. The van der Waals surface area contributed by atoms with Crippen LogP contribution in [-0.4, -0.2) is 62.8 Å². The van der Waals surface area contributed by atoms with Crippen LogP contribution in [0.1, 0.15) is 44.7 Å². The summed E-state index contributed by atoms with van der Waals surface area (Å²) in [5.74, 6) is 1.54. The highest BCUT2D eigenvalue weighted by atomic mass is 16.5. The summed E-state index contributed by atoms with van der Waals surface area (Å²) >= 11 is 0. The number of likely N-dealkylation sites (tertiary alicyclic amines) is 1. The van der Waals surface area contributed by atoms with Crippen molar-refractivity contribution >= 4 is 5.96 Å². The molecule has 2 atom stereocenters. The molecule has 0 radical (unpaired) electrons. The molecular formula is C23H38N4O. The van der Waals surface area contributed by atoms with E-state index in [2.05, 4.69) is 72.5 Å². The Hall–Kier alpha value is -1.59. The summed E-state index contributed by atoms with van der Waals surface area (Å²) in [5.41, 5.74) is 2.92. The lowest BCUT2D eigenvalue weighted by Crippen LogP contribution is -2.51. The summed E-state index contributed by atoms with van der Waals surface area (Å²) in [7, 11) is 1.87. The van der Waals surface area contributed by atoms with Crippen molar-refractivity contribution in [2.45, 2.75) is 58.0 Å². The zero-order valence-corrected chi connectivity index (χ0v) is 18.3. The average Bonchev–Trinajstić information content (AvgIpc) is 3.07. The van der Waals surface area contributed by atoms with Gasteiger partial charge >= 0.3 is 0 Å². The Kier molecular flexibility index (Phi) is 7.00. The molecule has 28 heavy (non-hydrogen) atoms. The predicted molar refractivity (Wildman–Crippen MR) is 117 cm³/mol. The normalized spacial score (nSPS) is 25.9. The minimum absolute atomic E-state index is 0.104. The highest BCUT2D eigenvalue weighted by Crippen LogP contribution is 2.36. The van der Waals surface area contributed by atoms with E-state index in [1.807, 2.05) is 7.05 Å². The quantitative estimate of drug-likeness (QED) is 0.603. The average molecular weight is 387 g/mol. The lowest BCUT2D eigenvalue weighted by Gasteiger charge is -2.39. The van der Waals surface area contributed by atoms with Crippen LogP contribution in [0.4, 0.5) is 0 Å². The number of hydrogen-bond donors (Lipinski definition) is 2. The van der Waals surface area contributed by atoms with Gasteiger partial charge in [0.1, 0.15) is 0 Å². The number of hydrogen-bond acceptors (Lipinski definition) is 3. The Morgan fingerprint density at radius 1 is 1.25 bits per heavy atom. The molecule has 0 bridgehead atoms. The zero-order chi connectivity index (χ0) is 20.1. The van der Waals surface area contributed by atoms with Crippen LogP contribution in [0.3, 0.4) is 0 Å². The molecule has 0 aliphatic carbocycles. The standard InChI is InChI=1S/C23H38N4O/c1-17(2)27-14-19(4)21(15-27)26-22(24-5)25-16-23(10-12-28-13-11-23)20-9-7-6-8-18(20)3/h6-9,17,19,21H,10-16H2,1-5H3,(H2,24,25,26). The molecule has 1 aromatic carbocycles. The van der Waals surface area contributed by atoms with E-state index < -0.39 is 0 Å². The van der Waals surface area contributed by atoms with Crippen molar-refractivity contribution in [3.05, 3.63) is 35.4 Å². The van der Waals surface area contributed by atoms with Crippen molar-refractivity contribution in [3.63, 3.8) is 0 Å². The minimum atomic E-state index is 0.104. The van der Waals surface area contributed by atoms with Crippen LogP contribution in [0.15, 0.2) is 29.3 Å². The zero-order valence-electron chi connectivity index (χ0n) is 18.3. The van der Waals surface area contributed by atoms with Gasteiger partial charge in [0.05, 0.1) is 0 Å². The van der Waals surface area contributed by atoms with E-state index in [9.17, 15) is 0 Å². The molecule has 5 heteroatoms. The lowest BCUT2D eigenvalue weighted by atomic mass is 9.72. The molecule has 2 heterocycles.